The summed E-state index contributed by atoms with van der Waals surface area (Å²) in [6.07, 6.45) is 5.24. The van der Waals surface area contributed by atoms with Crippen LogP contribution in [0.4, 0.5) is 11.4 Å². The van der Waals surface area contributed by atoms with E-state index in [-0.39, 0.29) is 11.8 Å². The summed E-state index contributed by atoms with van der Waals surface area (Å²) in [5.74, 6) is -2.45. The van der Waals surface area contributed by atoms with Crippen LogP contribution in [0.3, 0.4) is 0 Å². The molecule has 0 fully saturated rings. The van der Waals surface area contributed by atoms with E-state index in [4.69, 9.17) is 0 Å². The lowest BCUT2D eigenvalue weighted by Crippen LogP contribution is -2.34. The van der Waals surface area contributed by atoms with Gasteiger partial charge in [-0.15, -0.1) is 0 Å². The second-order valence-electron chi connectivity index (χ2n) is 6.25. The van der Waals surface area contributed by atoms with Gasteiger partial charge in [0.15, 0.2) is 0 Å². The summed E-state index contributed by atoms with van der Waals surface area (Å²) in [6.45, 7) is 2.18. The molecule has 0 saturated heterocycles. The van der Waals surface area contributed by atoms with Gasteiger partial charge in [0.05, 0.1) is 11.8 Å². The molecule has 1 aliphatic heterocycles. The molecule has 2 amide bonds. The van der Waals surface area contributed by atoms with Crippen molar-refractivity contribution in [2.45, 2.75) is 26.2 Å². The molecule has 2 aliphatic rings. The fourth-order valence-corrected chi connectivity index (χ4v) is 3.42. The number of anilines is 2. The molecule has 1 aromatic carbocycles. The number of carbonyl (C=O) groups is 3. The predicted molar refractivity (Wildman–Crippen MR) is 89.8 cm³/mol. The first-order valence-electron chi connectivity index (χ1n) is 8.07. The maximum Gasteiger partial charge on any atom is 0.307 e. The lowest BCUT2D eigenvalue weighted by atomic mass is 9.82. The largest absolute Gasteiger partial charge is 0.481 e. The Morgan fingerprint density at radius 3 is 2.54 bits per heavy atom. The minimum absolute atomic E-state index is 0.00354. The van der Waals surface area contributed by atoms with Gasteiger partial charge >= 0.3 is 5.97 Å². The molecule has 0 spiro atoms. The Bertz CT molecular complexity index is 726. The van der Waals surface area contributed by atoms with Gasteiger partial charge in [-0.2, -0.15) is 0 Å². The molecule has 0 bridgehead atoms. The molecular weight excluding hydrogens is 308 g/mol. The quantitative estimate of drug-likeness (QED) is 0.833. The molecule has 24 heavy (non-hydrogen) atoms. The summed E-state index contributed by atoms with van der Waals surface area (Å²) in [5, 5.41) is 12.1. The standard InChI is InChI=1S/C18H20N2O4/c1-11(21)20-9-8-12-10-13(6-7-16(12)20)19-17(22)14-4-2-3-5-15(14)18(23)24/h2-3,6-7,10,14-15H,4-5,8-9H2,1H3,(H,19,22)(H,23,24). The molecule has 0 aromatic heterocycles. The molecule has 6 heteroatoms. The van der Waals surface area contributed by atoms with Crippen molar-refractivity contribution in [2.24, 2.45) is 11.8 Å². The Labute approximate surface area is 140 Å². The van der Waals surface area contributed by atoms with Crippen LogP contribution >= 0.6 is 0 Å². The van der Waals surface area contributed by atoms with Gasteiger partial charge in [0, 0.05) is 24.8 Å². The van der Waals surface area contributed by atoms with Crippen LogP contribution in [-0.4, -0.2) is 29.4 Å². The smallest absolute Gasteiger partial charge is 0.307 e. The molecule has 2 N–H and O–H groups in total. The van der Waals surface area contributed by atoms with Crippen LogP contribution in [0.15, 0.2) is 30.4 Å². The maximum absolute atomic E-state index is 12.5. The number of allylic oxidation sites excluding steroid dienone is 2. The summed E-state index contributed by atoms with van der Waals surface area (Å²) in [7, 11) is 0. The number of carbonyl (C=O) groups excluding carboxylic acids is 2. The van der Waals surface area contributed by atoms with Gasteiger partial charge in [-0.1, -0.05) is 12.2 Å². The minimum atomic E-state index is -0.939. The van der Waals surface area contributed by atoms with Gasteiger partial charge in [-0.3, -0.25) is 14.4 Å². The van der Waals surface area contributed by atoms with Gasteiger partial charge in [-0.25, -0.2) is 0 Å². The lowest BCUT2D eigenvalue weighted by molar-refractivity contribution is -0.146. The third-order valence-electron chi connectivity index (χ3n) is 4.71. The average molecular weight is 328 g/mol. The average Bonchev–Trinajstić information content (AvgIpc) is 2.98. The molecule has 126 valence electrons. The lowest BCUT2D eigenvalue weighted by Gasteiger charge is -2.24. The molecule has 6 nitrogen and oxygen atoms in total. The molecule has 1 aliphatic carbocycles. The SMILES string of the molecule is CC(=O)N1CCc2cc(NC(=O)C3CC=CCC3C(=O)O)ccc21. The number of hydrogen-bond acceptors (Lipinski definition) is 3. The van der Waals surface area contributed by atoms with Crippen LogP contribution in [-0.2, 0) is 20.8 Å². The first-order chi connectivity index (χ1) is 11.5. The number of rotatable bonds is 3. The van der Waals surface area contributed by atoms with Crippen LogP contribution in [0.1, 0.15) is 25.3 Å². The van der Waals surface area contributed by atoms with E-state index >= 15 is 0 Å². The first kappa shape index (κ1) is 16.2. The number of benzene rings is 1. The van der Waals surface area contributed by atoms with Crippen molar-refractivity contribution in [3.05, 3.63) is 35.9 Å². The van der Waals surface area contributed by atoms with Gasteiger partial charge < -0.3 is 15.3 Å². The van der Waals surface area contributed by atoms with E-state index in [0.29, 0.717) is 25.1 Å². The van der Waals surface area contributed by atoms with Crippen molar-refractivity contribution in [2.75, 3.05) is 16.8 Å². The third-order valence-corrected chi connectivity index (χ3v) is 4.71. The van der Waals surface area contributed by atoms with E-state index in [1.165, 1.54) is 6.92 Å². The van der Waals surface area contributed by atoms with Crippen molar-refractivity contribution in [1.29, 1.82) is 0 Å². The van der Waals surface area contributed by atoms with Crippen LogP contribution < -0.4 is 10.2 Å². The number of carboxylic acids is 1. The van der Waals surface area contributed by atoms with E-state index in [9.17, 15) is 19.5 Å². The van der Waals surface area contributed by atoms with Crippen LogP contribution in [0.5, 0.6) is 0 Å². The topological polar surface area (TPSA) is 86.7 Å². The molecule has 0 radical (unpaired) electrons. The zero-order valence-electron chi connectivity index (χ0n) is 13.5. The van der Waals surface area contributed by atoms with Crippen molar-refractivity contribution < 1.29 is 19.5 Å². The summed E-state index contributed by atoms with van der Waals surface area (Å²) in [5.41, 5.74) is 2.54. The fourth-order valence-electron chi connectivity index (χ4n) is 3.42. The summed E-state index contributed by atoms with van der Waals surface area (Å²) in [6, 6.07) is 5.45. The van der Waals surface area contributed by atoms with Crippen molar-refractivity contribution >= 4 is 29.2 Å². The number of aliphatic carboxylic acids is 1. The van der Waals surface area contributed by atoms with Gasteiger partial charge in [0.2, 0.25) is 11.8 Å². The molecule has 3 rings (SSSR count). The highest BCUT2D eigenvalue weighted by molar-refractivity contribution is 5.97. The number of nitrogens with zero attached hydrogens (tertiary/aromatic N) is 1. The number of amides is 2. The maximum atomic E-state index is 12.5. The summed E-state index contributed by atoms with van der Waals surface area (Å²) < 4.78 is 0. The van der Waals surface area contributed by atoms with Crippen LogP contribution in [0.25, 0.3) is 0 Å². The number of fused-ring (bicyclic) bond motifs is 1. The zero-order chi connectivity index (χ0) is 17.3. The molecule has 2 atom stereocenters. The Morgan fingerprint density at radius 2 is 1.88 bits per heavy atom. The van der Waals surface area contributed by atoms with Crippen molar-refractivity contribution in [1.82, 2.24) is 0 Å². The van der Waals surface area contributed by atoms with E-state index < -0.39 is 17.8 Å². The fraction of sp³-hybridized carbons (Fsp3) is 0.389. The first-order valence-corrected chi connectivity index (χ1v) is 8.07. The van der Waals surface area contributed by atoms with Crippen molar-refractivity contribution in [3.8, 4) is 0 Å². The van der Waals surface area contributed by atoms with Gasteiger partial charge in [0.1, 0.15) is 0 Å². The summed E-state index contributed by atoms with van der Waals surface area (Å²) in [4.78, 5) is 37.1. The number of carboxylic acid groups (broad SMARTS) is 1. The third kappa shape index (κ3) is 3.04. The molecular formula is C18H20N2O4. The second-order valence-corrected chi connectivity index (χ2v) is 6.25. The Balaban J connectivity index is 1.75. The molecule has 0 saturated carbocycles. The number of hydrogen-bond donors (Lipinski definition) is 2. The molecule has 2 unspecified atom stereocenters. The minimum Gasteiger partial charge on any atom is -0.481 e. The van der Waals surface area contributed by atoms with Gasteiger partial charge in [-0.05, 0) is 43.0 Å². The monoisotopic (exact) mass is 328 g/mol. The van der Waals surface area contributed by atoms with Crippen molar-refractivity contribution in [3.63, 3.8) is 0 Å². The van der Waals surface area contributed by atoms with E-state index in [0.717, 1.165) is 17.7 Å². The van der Waals surface area contributed by atoms with Crippen LogP contribution in [0.2, 0.25) is 0 Å². The predicted octanol–water partition coefficient (Wildman–Crippen LogP) is 2.20. The normalized spacial score (nSPS) is 22.1. The van der Waals surface area contributed by atoms with E-state index in [1.807, 2.05) is 24.3 Å². The highest BCUT2D eigenvalue weighted by Crippen LogP contribution is 2.32. The Hall–Kier alpha value is -2.63. The zero-order valence-corrected chi connectivity index (χ0v) is 13.5. The second kappa shape index (κ2) is 6.47. The summed E-state index contributed by atoms with van der Waals surface area (Å²) >= 11 is 0. The Kier molecular flexibility index (Phi) is 4.38. The highest BCUT2D eigenvalue weighted by atomic mass is 16.4. The van der Waals surface area contributed by atoms with E-state index in [1.54, 1.807) is 11.0 Å². The Morgan fingerprint density at radius 1 is 1.17 bits per heavy atom. The molecule has 1 aromatic rings. The van der Waals surface area contributed by atoms with Gasteiger partial charge in [0.25, 0.3) is 0 Å². The van der Waals surface area contributed by atoms with Crippen LogP contribution in [0, 0.1) is 11.8 Å². The van der Waals surface area contributed by atoms with E-state index in [2.05, 4.69) is 5.32 Å². The molecule has 1 heterocycles. The number of nitrogens with one attached hydrogen (secondary N) is 1. The highest BCUT2D eigenvalue weighted by Gasteiger charge is 2.34.